The Morgan fingerprint density at radius 1 is 1.00 bits per heavy atom. The summed E-state index contributed by atoms with van der Waals surface area (Å²) in [5.74, 6) is 0. The molecule has 1 N–H and O–H groups in total. The van der Waals surface area contributed by atoms with Crippen LogP contribution in [0.3, 0.4) is 0 Å². The van der Waals surface area contributed by atoms with Gasteiger partial charge in [0.05, 0.1) is 29.1 Å². The second-order valence-electron chi connectivity index (χ2n) is 9.37. The van der Waals surface area contributed by atoms with E-state index in [0.29, 0.717) is 31.6 Å². The van der Waals surface area contributed by atoms with Crippen molar-refractivity contribution in [1.82, 2.24) is 19.7 Å². The van der Waals surface area contributed by atoms with Gasteiger partial charge in [-0.3, -0.25) is 4.68 Å². The summed E-state index contributed by atoms with van der Waals surface area (Å²) >= 11 is 0. The summed E-state index contributed by atoms with van der Waals surface area (Å²) in [6.07, 6.45) is -9.50. The van der Waals surface area contributed by atoms with Crippen molar-refractivity contribution in [3.63, 3.8) is 0 Å². The number of carbonyl (C=O) groups is 1. The molecule has 0 fully saturated rings. The number of hydrogen-bond donors (Lipinski definition) is 1. The maximum atomic E-state index is 13.2. The molecular formula is C27H24F6N4O2. The number of hydrogen-bond acceptors (Lipinski definition) is 3. The molecule has 0 saturated carbocycles. The number of halogens is 6. The summed E-state index contributed by atoms with van der Waals surface area (Å²) in [5.41, 5.74) is 1.16. The molecule has 0 atom stereocenters. The SMILES string of the molecule is CCc1[nH]c2ccccc2c1-c1cc2n(n1)CCCN(C(=O)OCc1cc(C(F)(F)F)cc(C(F)(F)F)c1)C2. The number of para-hydroxylation sites is 1. The van der Waals surface area contributed by atoms with Gasteiger partial charge in [-0.25, -0.2) is 4.79 Å². The lowest BCUT2D eigenvalue weighted by Gasteiger charge is -2.20. The van der Waals surface area contributed by atoms with Crippen LogP contribution in [0.4, 0.5) is 31.1 Å². The zero-order chi connectivity index (χ0) is 27.9. The van der Waals surface area contributed by atoms with Crippen LogP contribution in [0.2, 0.25) is 0 Å². The summed E-state index contributed by atoms with van der Waals surface area (Å²) < 4.78 is 85.9. The first-order valence-corrected chi connectivity index (χ1v) is 12.3. The van der Waals surface area contributed by atoms with E-state index in [9.17, 15) is 31.1 Å². The van der Waals surface area contributed by atoms with Crippen LogP contribution in [0, 0.1) is 0 Å². The van der Waals surface area contributed by atoms with Gasteiger partial charge in [0.1, 0.15) is 6.61 Å². The summed E-state index contributed by atoms with van der Waals surface area (Å²) in [6.45, 7) is 2.26. The van der Waals surface area contributed by atoms with Crippen LogP contribution < -0.4 is 0 Å². The topological polar surface area (TPSA) is 63.2 Å². The fourth-order valence-corrected chi connectivity index (χ4v) is 4.83. The summed E-state index contributed by atoms with van der Waals surface area (Å²) in [4.78, 5) is 17.6. The van der Waals surface area contributed by atoms with Crippen LogP contribution in [0.25, 0.3) is 22.2 Å². The van der Waals surface area contributed by atoms with Crippen LogP contribution in [0.5, 0.6) is 0 Å². The molecule has 0 radical (unpaired) electrons. The molecule has 0 unspecified atom stereocenters. The van der Waals surface area contributed by atoms with Crippen molar-refractivity contribution in [1.29, 1.82) is 0 Å². The predicted molar refractivity (Wildman–Crippen MR) is 131 cm³/mol. The second-order valence-corrected chi connectivity index (χ2v) is 9.37. The van der Waals surface area contributed by atoms with Crippen LogP contribution in [0.15, 0.2) is 48.5 Å². The number of rotatable bonds is 4. The van der Waals surface area contributed by atoms with Gasteiger partial charge in [0.2, 0.25) is 0 Å². The van der Waals surface area contributed by atoms with Gasteiger partial charge in [0.15, 0.2) is 0 Å². The zero-order valence-corrected chi connectivity index (χ0v) is 20.8. The van der Waals surface area contributed by atoms with Gasteiger partial charge < -0.3 is 14.6 Å². The van der Waals surface area contributed by atoms with E-state index in [1.165, 1.54) is 4.90 Å². The van der Waals surface area contributed by atoms with Gasteiger partial charge in [-0.1, -0.05) is 25.1 Å². The van der Waals surface area contributed by atoms with Crippen molar-refractivity contribution in [3.8, 4) is 11.3 Å². The van der Waals surface area contributed by atoms with Crippen molar-refractivity contribution < 1.29 is 35.9 Å². The molecule has 0 aliphatic carbocycles. The highest BCUT2D eigenvalue weighted by Gasteiger charge is 2.37. The minimum Gasteiger partial charge on any atom is -0.445 e. The van der Waals surface area contributed by atoms with E-state index in [0.717, 1.165) is 40.0 Å². The lowest BCUT2D eigenvalue weighted by molar-refractivity contribution is -0.143. The number of fused-ring (bicyclic) bond motifs is 2. The molecule has 0 bridgehead atoms. The number of H-pyrrole nitrogens is 1. The Balaban J connectivity index is 1.35. The lowest BCUT2D eigenvalue weighted by Crippen LogP contribution is -2.31. The van der Waals surface area contributed by atoms with Crippen LogP contribution in [0.1, 0.15) is 41.4 Å². The Hall–Kier alpha value is -3.96. The van der Waals surface area contributed by atoms with Crippen molar-refractivity contribution in [2.24, 2.45) is 0 Å². The number of aromatic nitrogens is 3. The molecule has 0 saturated heterocycles. The summed E-state index contributed by atoms with van der Waals surface area (Å²) in [5, 5.41) is 5.80. The predicted octanol–water partition coefficient (Wildman–Crippen LogP) is 7.17. The number of alkyl halides is 6. The first-order valence-electron chi connectivity index (χ1n) is 12.3. The molecule has 0 spiro atoms. The Morgan fingerprint density at radius 3 is 2.36 bits per heavy atom. The van der Waals surface area contributed by atoms with E-state index < -0.39 is 41.7 Å². The van der Waals surface area contributed by atoms with Gasteiger partial charge in [0, 0.05) is 35.2 Å². The highest BCUT2D eigenvalue weighted by Crippen LogP contribution is 2.37. The minimum atomic E-state index is -4.98. The molecule has 1 amide bonds. The number of aromatic amines is 1. The Bertz CT molecular complexity index is 1490. The molecule has 6 nitrogen and oxygen atoms in total. The first kappa shape index (κ1) is 26.6. The quantitative estimate of drug-likeness (QED) is 0.274. The highest BCUT2D eigenvalue weighted by atomic mass is 19.4. The molecule has 5 rings (SSSR count). The van der Waals surface area contributed by atoms with E-state index in [4.69, 9.17) is 9.84 Å². The Morgan fingerprint density at radius 2 is 1.69 bits per heavy atom. The van der Waals surface area contributed by atoms with E-state index >= 15 is 0 Å². The summed E-state index contributed by atoms with van der Waals surface area (Å²) in [7, 11) is 0. The molecule has 1 aliphatic heterocycles. The van der Waals surface area contributed by atoms with Gasteiger partial charge in [0.25, 0.3) is 0 Å². The maximum absolute atomic E-state index is 13.2. The third kappa shape index (κ3) is 5.45. The molecule has 12 heteroatoms. The molecule has 39 heavy (non-hydrogen) atoms. The van der Waals surface area contributed by atoms with Gasteiger partial charge >= 0.3 is 18.4 Å². The number of nitrogens with one attached hydrogen (secondary N) is 1. The zero-order valence-electron chi connectivity index (χ0n) is 20.8. The van der Waals surface area contributed by atoms with E-state index in [-0.39, 0.29) is 12.6 Å². The van der Waals surface area contributed by atoms with Crippen molar-refractivity contribution in [3.05, 3.63) is 76.6 Å². The molecule has 2 aromatic heterocycles. The standard InChI is InChI=1S/C27H24F6N4O2/c1-2-21-24(20-6-3-4-7-22(20)34-21)23-13-19-14-36(8-5-9-37(19)35-23)25(38)39-15-16-10-17(26(28,29)30)12-18(11-16)27(31,32)33/h3-4,6-7,10-13,34H,2,5,8-9,14-15H2,1H3. The number of carbonyl (C=O) groups excluding carboxylic acids is 1. The third-order valence-electron chi connectivity index (χ3n) is 6.68. The molecule has 1 aliphatic rings. The average Bonchev–Trinajstić information content (AvgIpc) is 3.39. The Kier molecular flexibility index (Phi) is 6.81. The first-order chi connectivity index (χ1) is 18.4. The van der Waals surface area contributed by atoms with Crippen molar-refractivity contribution >= 4 is 17.0 Å². The van der Waals surface area contributed by atoms with Gasteiger partial charge in [-0.2, -0.15) is 31.4 Å². The number of ether oxygens (including phenoxy) is 1. The fourth-order valence-electron chi connectivity index (χ4n) is 4.83. The Labute approximate surface area is 219 Å². The van der Waals surface area contributed by atoms with E-state index in [1.54, 1.807) is 0 Å². The molecule has 206 valence electrons. The van der Waals surface area contributed by atoms with Crippen molar-refractivity contribution in [2.45, 2.75) is 51.8 Å². The van der Waals surface area contributed by atoms with Crippen molar-refractivity contribution in [2.75, 3.05) is 6.54 Å². The number of amides is 1. The highest BCUT2D eigenvalue weighted by molar-refractivity contribution is 5.96. The molecule has 4 aromatic rings. The lowest BCUT2D eigenvalue weighted by atomic mass is 10.1. The van der Waals surface area contributed by atoms with Gasteiger partial charge in [-0.15, -0.1) is 0 Å². The summed E-state index contributed by atoms with van der Waals surface area (Å²) in [6, 6.07) is 10.9. The van der Waals surface area contributed by atoms with Crippen LogP contribution in [-0.4, -0.2) is 32.3 Å². The smallest absolute Gasteiger partial charge is 0.416 e. The fraction of sp³-hybridized carbons (Fsp3) is 0.333. The molecule has 3 heterocycles. The monoisotopic (exact) mass is 550 g/mol. The van der Waals surface area contributed by atoms with Gasteiger partial charge in [-0.05, 0) is 48.7 Å². The molecule has 2 aromatic carbocycles. The normalized spacial score (nSPS) is 14.4. The van der Waals surface area contributed by atoms with Crippen LogP contribution >= 0.6 is 0 Å². The van der Waals surface area contributed by atoms with E-state index in [1.807, 2.05) is 41.9 Å². The maximum Gasteiger partial charge on any atom is 0.416 e. The number of nitrogens with zero attached hydrogens (tertiary/aromatic N) is 3. The average molecular weight is 551 g/mol. The van der Waals surface area contributed by atoms with Crippen LogP contribution in [-0.2, 0) is 43.2 Å². The molecular weight excluding hydrogens is 526 g/mol. The number of benzene rings is 2. The van der Waals surface area contributed by atoms with E-state index in [2.05, 4.69) is 4.98 Å². The third-order valence-corrected chi connectivity index (χ3v) is 6.68. The largest absolute Gasteiger partial charge is 0.445 e. The second kappa shape index (κ2) is 9.97. The minimum absolute atomic E-state index is 0.0382. The number of aryl methyl sites for hydroxylation is 2.